The van der Waals surface area contributed by atoms with E-state index in [4.69, 9.17) is 11.6 Å². The van der Waals surface area contributed by atoms with Crippen molar-refractivity contribution in [1.29, 1.82) is 0 Å². The number of benzene rings is 1. The van der Waals surface area contributed by atoms with Gasteiger partial charge >= 0.3 is 0 Å². The summed E-state index contributed by atoms with van der Waals surface area (Å²) in [6.07, 6.45) is 1.53. The Morgan fingerprint density at radius 2 is 2.00 bits per heavy atom. The predicted octanol–water partition coefficient (Wildman–Crippen LogP) is 3.22. The number of pyridine rings is 1. The molecule has 5 rings (SSSR count). The number of likely N-dealkylation sites (tertiary alicyclic amines) is 1. The van der Waals surface area contributed by atoms with Crippen molar-refractivity contribution in [2.75, 3.05) is 5.32 Å². The highest BCUT2D eigenvalue weighted by Gasteiger charge is 2.56. The number of nitrogens with one attached hydrogen (secondary N) is 1. The van der Waals surface area contributed by atoms with Gasteiger partial charge in [0.2, 0.25) is 11.8 Å². The van der Waals surface area contributed by atoms with Crippen LogP contribution in [0.5, 0.6) is 0 Å². The standard InChI is InChI=1S/C23H22ClN5O3/c1-12-6-7-16-15(8-12)22(13(2)30)27-28(16)11-21(31)29-17-9-14(17)10-18(29)23(32)26-20-5-3-4-19(24)25-20/h3-8,14,17-18H,9-11H2,1-2H3,(H,25,26,32)/t14?,17-,18+/m1/s1. The number of rotatable bonds is 5. The highest BCUT2D eigenvalue weighted by Crippen LogP contribution is 2.48. The van der Waals surface area contributed by atoms with E-state index >= 15 is 0 Å². The first kappa shape index (κ1) is 20.6. The number of piperidine rings is 1. The van der Waals surface area contributed by atoms with Crippen LogP contribution in [0.25, 0.3) is 10.9 Å². The topological polar surface area (TPSA) is 97.2 Å². The molecule has 0 radical (unpaired) electrons. The van der Waals surface area contributed by atoms with Crippen LogP contribution >= 0.6 is 11.6 Å². The quantitative estimate of drug-likeness (QED) is 0.474. The number of nitrogens with zero attached hydrogens (tertiary/aromatic N) is 4. The van der Waals surface area contributed by atoms with Crippen LogP contribution in [0.4, 0.5) is 5.82 Å². The van der Waals surface area contributed by atoms with Crippen LogP contribution in [0.1, 0.15) is 35.8 Å². The van der Waals surface area contributed by atoms with Gasteiger partial charge in [-0.2, -0.15) is 5.10 Å². The van der Waals surface area contributed by atoms with E-state index in [9.17, 15) is 14.4 Å². The zero-order valence-corrected chi connectivity index (χ0v) is 18.5. The van der Waals surface area contributed by atoms with Crippen molar-refractivity contribution in [3.05, 3.63) is 52.8 Å². The minimum Gasteiger partial charge on any atom is -0.326 e. The van der Waals surface area contributed by atoms with E-state index < -0.39 is 6.04 Å². The van der Waals surface area contributed by atoms with Gasteiger partial charge in [-0.25, -0.2) is 4.98 Å². The van der Waals surface area contributed by atoms with Gasteiger partial charge in [0, 0.05) is 18.4 Å². The first-order chi connectivity index (χ1) is 15.3. The van der Waals surface area contributed by atoms with Gasteiger partial charge in [-0.05, 0) is 49.9 Å². The van der Waals surface area contributed by atoms with E-state index in [0.29, 0.717) is 23.9 Å². The number of anilines is 1. The normalized spacial score (nSPS) is 21.5. The zero-order valence-electron chi connectivity index (χ0n) is 17.7. The Hall–Kier alpha value is -3.26. The molecule has 1 aromatic carbocycles. The molecule has 32 heavy (non-hydrogen) atoms. The molecule has 2 aromatic heterocycles. The second-order valence-corrected chi connectivity index (χ2v) is 8.92. The number of carbonyl (C=O) groups excluding carboxylic acids is 3. The van der Waals surface area contributed by atoms with Crippen molar-refractivity contribution in [2.45, 2.75) is 45.3 Å². The third-order valence-corrected chi connectivity index (χ3v) is 6.40. The fraction of sp³-hybridized carbons (Fsp3) is 0.348. The molecule has 1 saturated carbocycles. The van der Waals surface area contributed by atoms with Crippen molar-refractivity contribution in [3.63, 3.8) is 0 Å². The highest BCUT2D eigenvalue weighted by molar-refractivity contribution is 6.29. The Morgan fingerprint density at radius 1 is 1.19 bits per heavy atom. The average Bonchev–Trinajstić information content (AvgIpc) is 3.25. The van der Waals surface area contributed by atoms with Crippen molar-refractivity contribution in [3.8, 4) is 0 Å². The summed E-state index contributed by atoms with van der Waals surface area (Å²) in [4.78, 5) is 44.1. The molecule has 1 unspecified atom stereocenters. The molecule has 1 N–H and O–H groups in total. The summed E-state index contributed by atoms with van der Waals surface area (Å²) in [5.74, 6) is 0.0864. The number of fused-ring (bicyclic) bond motifs is 2. The van der Waals surface area contributed by atoms with Crippen molar-refractivity contribution in [1.82, 2.24) is 19.7 Å². The summed E-state index contributed by atoms with van der Waals surface area (Å²) >= 11 is 5.91. The first-order valence-electron chi connectivity index (χ1n) is 10.5. The fourth-order valence-electron chi connectivity index (χ4n) is 4.62. The van der Waals surface area contributed by atoms with E-state index in [1.807, 2.05) is 25.1 Å². The summed E-state index contributed by atoms with van der Waals surface area (Å²) in [6, 6.07) is 10.2. The van der Waals surface area contributed by atoms with Crippen molar-refractivity contribution >= 4 is 45.9 Å². The van der Waals surface area contributed by atoms with Crippen LogP contribution in [0.2, 0.25) is 5.15 Å². The lowest BCUT2D eigenvalue weighted by atomic mass is 10.1. The summed E-state index contributed by atoms with van der Waals surface area (Å²) < 4.78 is 1.57. The molecule has 164 valence electrons. The molecular weight excluding hydrogens is 430 g/mol. The maximum absolute atomic E-state index is 13.3. The molecule has 3 aromatic rings. The summed E-state index contributed by atoms with van der Waals surface area (Å²) in [6.45, 7) is 3.38. The number of carbonyl (C=O) groups is 3. The van der Waals surface area contributed by atoms with Gasteiger partial charge in [-0.15, -0.1) is 0 Å². The number of hydrogen-bond donors (Lipinski definition) is 1. The molecule has 1 saturated heterocycles. The second kappa shape index (κ2) is 7.70. The largest absolute Gasteiger partial charge is 0.326 e. The Kier molecular flexibility index (Phi) is 4.97. The Morgan fingerprint density at radius 3 is 2.75 bits per heavy atom. The van der Waals surface area contributed by atoms with Crippen LogP contribution < -0.4 is 5.32 Å². The van der Waals surface area contributed by atoms with Crippen LogP contribution in [-0.4, -0.2) is 49.3 Å². The van der Waals surface area contributed by atoms with E-state index in [0.717, 1.165) is 22.9 Å². The minimum absolute atomic E-state index is 0.0325. The van der Waals surface area contributed by atoms with Crippen LogP contribution in [-0.2, 0) is 16.1 Å². The number of amides is 2. The number of Topliss-reactive ketones (excluding diaryl/α,β-unsaturated/α-hetero) is 1. The van der Waals surface area contributed by atoms with Gasteiger partial charge in [0.25, 0.3) is 0 Å². The fourth-order valence-corrected chi connectivity index (χ4v) is 4.78. The first-order valence-corrected chi connectivity index (χ1v) is 10.9. The number of aromatic nitrogens is 3. The summed E-state index contributed by atoms with van der Waals surface area (Å²) in [7, 11) is 0. The second-order valence-electron chi connectivity index (χ2n) is 8.53. The minimum atomic E-state index is -0.566. The highest BCUT2D eigenvalue weighted by atomic mass is 35.5. The Labute approximate surface area is 189 Å². The van der Waals surface area contributed by atoms with Crippen molar-refractivity contribution in [2.24, 2.45) is 5.92 Å². The molecule has 3 heterocycles. The van der Waals surface area contributed by atoms with Gasteiger partial charge in [0.05, 0.1) is 5.52 Å². The average molecular weight is 452 g/mol. The van der Waals surface area contributed by atoms with Gasteiger partial charge in [-0.3, -0.25) is 19.1 Å². The molecule has 2 fully saturated rings. The molecular formula is C23H22ClN5O3. The van der Waals surface area contributed by atoms with Crippen molar-refractivity contribution < 1.29 is 14.4 Å². The SMILES string of the molecule is CC(=O)c1nn(CC(=O)N2[C@@H]3CC3C[C@H]2C(=O)Nc2cccc(Cl)n2)c2ccc(C)cc12. The van der Waals surface area contributed by atoms with E-state index in [-0.39, 0.29) is 35.3 Å². The number of hydrogen-bond acceptors (Lipinski definition) is 5. The lowest BCUT2D eigenvalue weighted by Gasteiger charge is -2.26. The van der Waals surface area contributed by atoms with Crippen LogP contribution in [0.3, 0.4) is 0 Å². The van der Waals surface area contributed by atoms with E-state index in [2.05, 4.69) is 15.4 Å². The van der Waals surface area contributed by atoms with Gasteiger partial charge in [0.1, 0.15) is 29.3 Å². The van der Waals surface area contributed by atoms with Gasteiger partial charge < -0.3 is 10.2 Å². The van der Waals surface area contributed by atoms with E-state index in [1.165, 1.54) is 6.92 Å². The third kappa shape index (κ3) is 3.64. The zero-order chi connectivity index (χ0) is 22.6. The summed E-state index contributed by atoms with van der Waals surface area (Å²) in [5, 5.41) is 8.21. The van der Waals surface area contributed by atoms with Gasteiger partial charge in [0.15, 0.2) is 5.78 Å². The molecule has 1 aliphatic carbocycles. The number of halogens is 1. The lowest BCUT2D eigenvalue weighted by molar-refractivity contribution is -0.138. The smallest absolute Gasteiger partial charge is 0.248 e. The molecule has 8 nitrogen and oxygen atoms in total. The molecule has 0 spiro atoms. The van der Waals surface area contributed by atoms with E-state index in [1.54, 1.807) is 27.8 Å². The molecule has 0 bridgehead atoms. The number of aryl methyl sites for hydroxylation is 1. The Balaban J connectivity index is 1.39. The maximum Gasteiger partial charge on any atom is 0.248 e. The van der Waals surface area contributed by atoms with Crippen LogP contribution in [0, 0.1) is 12.8 Å². The molecule has 2 aliphatic rings. The lowest BCUT2D eigenvalue weighted by Crippen LogP contribution is -2.46. The monoisotopic (exact) mass is 451 g/mol. The van der Waals surface area contributed by atoms with Gasteiger partial charge in [-0.1, -0.05) is 29.3 Å². The number of ketones is 1. The third-order valence-electron chi connectivity index (χ3n) is 6.19. The predicted molar refractivity (Wildman–Crippen MR) is 119 cm³/mol. The molecule has 3 atom stereocenters. The molecule has 9 heteroatoms. The molecule has 1 aliphatic heterocycles. The molecule has 2 amide bonds. The maximum atomic E-state index is 13.3. The summed E-state index contributed by atoms with van der Waals surface area (Å²) in [5.41, 5.74) is 2.09. The van der Waals surface area contributed by atoms with Crippen LogP contribution in [0.15, 0.2) is 36.4 Å². The Bertz CT molecular complexity index is 1270.